The van der Waals surface area contributed by atoms with Crippen molar-refractivity contribution >= 4 is 6.29 Å². The van der Waals surface area contributed by atoms with Gasteiger partial charge in [-0.15, -0.1) is 0 Å². The summed E-state index contributed by atoms with van der Waals surface area (Å²) in [6.45, 7) is 3.65. The Hall–Kier alpha value is -2.16. The van der Waals surface area contributed by atoms with Gasteiger partial charge in [0.2, 0.25) is 0 Å². The van der Waals surface area contributed by atoms with Crippen LogP contribution in [0.3, 0.4) is 0 Å². The molecular weight excluding hydrogens is 238 g/mol. The first kappa shape index (κ1) is 13.3. The molecule has 0 fully saturated rings. The lowest BCUT2D eigenvalue weighted by atomic mass is 10.2. The molecule has 2 aromatic rings. The second kappa shape index (κ2) is 6.69. The monoisotopic (exact) mass is 256 g/mol. The largest absolute Gasteiger partial charge is 0.488 e. The fourth-order valence-corrected chi connectivity index (χ4v) is 1.86. The summed E-state index contributed by atoms with van der Waals surface area (Å²) in [4.78, 5) is 10.9. The summed E-state index contributed by atoms with van der Waals surface area (Å²) in [7, 11) is 0. The Kier molecular flexibility index (Phi) is 4.67. The topological polar surface area (TPSA) is 30.2 Å². The summed E-state index contributed by atoms with van der Waals surface area (Å²) in [6.07, 6.45) is 6.03. The molecule has 0 amide bonds. The molecule has 98 valence electrons. The first-order valence-electron chi connectivity index (χ1n) is 6.48. The third-order valence-corrected chi connectivity index (χ3v) is 2.88. The first-order chi connectivity index (χ1) is 9.33. The molecule has 0 saturated heterocycles. The molecule has 0 aliphatic rings. The zero-order chi connectivity index (χ0) is 13.5. The van der Waals surface area contributed by atoms with Crippen molar-refractivity contribution in [3.8, 4) is 5.75 Å². The lowest BCUT2D eigenvalue weighted by Crippen LogP contribution is -2.32. The maximum atomic E-state index is 10.9. The SMILES string of the molecule is CCC[n+]1ccc(COc2ccccc2C=O)cc1. The van der Waals surface area contributed by atoms with Gasteiger partial charge in [0, 0.05) is 24.1 Å². The van der Waals surface area contributed by atoms with E-state index < -0.39 is 0 Å². The number of benzene rings is 1. The molecule has 1 aromatic carbocycles. The van der Waals surface area contributed by atoms with Gasteiger partial charge >= 0.3 is 0 Å². The fraction of sp³-hybridized carbons (Fsp3) is 0.250. The number of hydrogen-bond donors (Lipinski definition) is 0. The number of hydrogen-bond acceptors (Lipinski definition) is 2. The van der Waals surface area contributed by atoms with Crippen LogP contribution in [0.15, 0.2) is 48.8 Å². The third kappa shape index (κ3) is 3.65. The number of para-hydroxylation sites is 1. The normalized spacial score (nSPS) is 10.2. The Morgan fingerprint density at radius 1 is 1.16 bits per heavy atom. The van der Waals surface area contributed by atoms with E-state index in [-0.39, 0.29) is 0 Å². The molecule has 3 nitrogen and oxygen atoms in total. The Bertz CT molecular complexity index is 535. The highest BCUT2D eigenvalue weighted by Gasteiger charge is 2.03. The van der Waals surface area contributed by atoms with E-state index in [2.05, 4.69) is 11.5 Å². The Balaban J connectivity index is 2.00. The number of nitrogens with zero attached hydrogens (tertiary/aromatic N) is 1. The molecule has 0 N–H and O–H groups in total. The van der Waals surface area contributed by atoms with E-state index in [0.29, 0.717) is 17.9 Å². The predicted molar refractivity (Wildman–Crippen MR) is 73.1 cm³/mol. The van der Waals surface area contributed by atoms with Gasteiger partial charge in [0.1, 0.15) is 18.9 Å². The van der Waals surface area contributed by atoms with Gasteiger partial charge in [-0.2, -0.15) is 0 Å². The Labute approximate surface area is 113 Å². The molecule has 0 aliphatic carbocycles. The van der Waals surface area contributed by atoms with Gasteiger partial charge in [-0.25, -0.2) is 4.57 Å². The van der Waals surface area contributed by atoms with Gasteiger partial charge in [0.15, 0.2) is 18.7 Å². The van der Waals surface area contributed by atoms with Gasteiger partial charge < -0.3 is 4.74 Å². The number of carbonyl (C=O) groups is 1. The lowest BCUT2D eigenvalue weighted by Gasteiger charge is -2.07. The van der Waals surface area contributed by atoms with Gasteiger partial charge in [-0.3, -0.25) is 4.79 Å². The molecule has 2 rings (SSSR count). The fourth-order valence-electron chi connectivity index (χ4n) is 1.86. The van der Waals surface area contributed by atoms with Crippen LogP contribution < -0.4 is 9.30 Å². The number of pyridine rings is 1. The minimum Gasteiger partial charge on any atom is -0.488 e. The van der Waals surface area contributed by atoms with Crippen LogP contribution >= 0.6 is 0 Å². The van der Waals surface area contributed by atoms with Gasteiger partial charge in [-0.05, 0) is 12.1 Å². The maximum Gasteiger partial charge on any atom is 0.169 e. The summed E-state index contributed by atoms with van der Waals surface area (Å²) in [5.74, 6) is 0.628. The standard InChI is InChI=1S/C16H18NO2/c1-2-9-17-10-7-14(8-11-17)13-19-16-6-4-3-5-15(16)12-18/h3-8,10-12H,2,9,13H2,1H3/q+1. The van der Waals surface area contributed by atoms with Crippen molar-refractivity contribution in [2.45, 2.75) is 26.5 Å². The number of aromatic nitrogens is 1. The molecule has 0 spiro atoms. The van der Waals surface area contributed by atoms with E-state index in [1.54, 1.807) is 6.07 Å². The Morgan fingerprint density at radius 3 is 2.58 bits per heavy atom. The number of rotatable bonds is 6. The highest BCUT2D eigenvalue weighted by molar-refractivity contribution is 5.79. The van der Waals surface area contributed by atoms with Crippen LogP contribution in [-0.4, -0.2) is 6.29 Å². The van der Waals surface area contributed by atoms with Crippen molar-refractivity contribution in [3.63, 3.8) is 0 Å². The van der Waals surface area contributed by atoms with Gasteiger partial charge in [0.05, 0.1) is 5.56 Å². The van der Waals surface area contributed by atoms with Crippen molar-refractivity contribution in [3.05, 3.63) is 59.9 Å². The van der Waals surface area contributed by atoms with Crippen molar-refractivity contribution in [1.82, 2.24) is 0 Å². The molecule has 1 aromatic heterocycles. The summed E-state index contributed by atoms with van der Waals surface area (Å²) < 4.78 is 7.82. The van der Waals surface area contributed by atoms with Crippen molar-refractivity contribution in [2.75, 3.05) is 0 Å². The van der Waals surface area contributed by atoms with Crippen LogP contribution in [0, 0.1) is 0 Å². The van der Waals surface area contributed by atoms with Crippen LogP contribution in [-0.2, 0) is 13.2 Å². The second-order valence-electron chi connectivity index (χ2n) is 4.39. The average molecular weight is 256 g/mol. The lowest BCUT2D eigenvalue weighted by molar-refractivity contribution is -0.697. The van der Waals surface area contributed by atoms with E-state index in [4.69, 9.17) is 4.74 Å². The minimum absolute atomic E-state index is 0.470. The molecule has 0 unspecified atom stereocenters. The van der Waals surface area contributed by atoms with Crippen molar-refractivity contribution in [1.29, 1.82) is 0 Å². The zero-order valence-electron chi connectivity index (χ0n) is 11.1. The molecule has 1 heterocycles. The molecule has 0 bridgehead atoms. The summed E-state index contributed by atoms with van der Waals surface area (Å²) >= 11 is 0. The van der Waals surface area contributed by atoms with Crippen LogP contribution in [0.2, 0.25) is 0 Å². The Morgan fingerprint density at radius 2 is 1.89 bits per heavy atom. The van der Waals surface area contributed by atoms with Crippen molar-refractivity contribution in [2.24, 2.45) is 0 Å². The second-order valence-corrected chi connectivity index (χ2v) is 4.39. The molecule has 0 radical (unpaired) electrons. The van der Waals surface area contributed by atoms with Gasteiger partial charge in [-0.1, -0.05) is 19.1 Å². The summed E-state index contributed by atoms with van der Waals surface area (Å²) in [6, 6.07) is 11.3. The highest BCUT2D eigenvalue weighted by Crippen LogP contribution is 2.17. The van der Waals surface area contributed by atoms with Crippen molar-refractivity contribution < 1.29 is 14.1 Å². The number of aryl methyl sites for hydroxylation is 1. The van der Waals surface area contributed by atoms with Crippen LogP contribution in [0.1, 0.15) is 29.3 Å². The predicted octanol–water partition coefficient (Wildman–Crippen LogP) is 2.78. The van der Waals surface area contributed by atoms with Crippen LogP contribution in [0.4, 0.5) is 0 Å². The molecule has 0 aliphatic heterocycles. The molecule has 0 atom stereocenters. The van der Waals surface area contributed by atoms with Crippen LogP contribution in [0.5, 0.6) is 5.75 Å². The van der Waals surface area contributed by atoms with E-state index in [1.165, 1.54) is 0 Å². The number of aldehydes is 1. The quantitative estimate of drug-likeness (QED) is 0.587. The molecule has 0 saturated carbocycles. The van der Waals surface area contributed by atoms with E-state index in [0.717, 1.165) is 24.8 Å². The van der Waals surface area contributed by atoms with Gasteiger partial charge in [0.25, 0.3) is 0 Å². The third-order valence-electron chi connectivity index (χ3n) is 2.88. The van der Waals surface area contributed by atoms with Crippen LogP contribution in [0.25, 0.3) is 0 Å². The molecule has 19 heavy (non-hydrogen) atoms. The smallest absolute Gasteiger partial charge is 0.169 e. The molecular formula is C16H18NO2+. The number of ether oxygens (including phenoxy) is 1. The summed E-state index contributed by atoms with van der Waals surface area (Å²) in [5.41, 5.74) is 1.67. The summed E-state index contributed by atoms with van der Waals surface area (Å²) in [5, 5.41) is 0. The average Bonchev–Trinajstić information content (AvgIpc) is 2.47. The van der Waals surface area contributed by atoms with E-state index >= 15 is 0 Å². The minimum atomic E-state index is 0.470. The zero-order valence-corrected chi connectivity index (χ0v) is 11.1. The number of carbonyl (C=O) groups excluding carboxylic acids is 1. The maximum absolute atomic E-state index is 10.9. The van der Waals surface area contributed by atoms with E-state index in [9.17, 15) is 4.79 Å². The highest BCUT2D eigenvalue weighted by atomic mass is 16.5. The molecule has 3 heteroatoms. The van der Waals surface area contributed by atoms with E-state index in [1.807, 2.05) is 42.7 Å². The first-order valence-corrected chi connectivity index (χ1v) is 6.48.